The van der Waals surface area contributed by atoms with Crippen LogP contribution in [0.25, 0.3) is 0 Å². The molecule has 7 aromatic rings. The number of ether oxygens (including phenoxy) is 4. The molecule has 0 saturated heterocycles. The number of hydrogen-bond acceptors (Lipinski definition) is 10. The minimum absolute atomic E-state index is 0.295. The lowest BCUT2D eigenvalue weighted by molar-refractivity contribution is -0.143. The van der Waals surface area contributed by atoms with E-state index in [-0.39, 0.29) is 11.8 Å². The summed E-state index contributed by atoms with van der Waals surface area (Å²) in [4.78, 5) is 52.3. The van der Waals surface area contributed by atoms with Crippen molar-refractivity contribution < 1.29 is 38.1 Å². The predicted molar refractivity (Wildman–Crippen MR) is 294 cm³/mol. The Morgan fingerprint density at radius 2 is 0.922 bits per heavy atom. The zero-order valence-corrected chi connectivity index (χ0v) is 44.3. The average molecular weight is 1040 g/mol. The third kappa shape index (κ3) is 14.3. The van der Waals surface area contributed by atoms with Crippen LogP contribution in [0.15, 0.2) is 140 Å². The van der Waals surface area contributed by atoms with Gasteiger partial charge in [0.2, 0.25) is 0 Å². The van der Waals surface area contributed by atoms with Gasteiger partial charge in [-0.05, 0) is 116 Å². The number of carbonyl (C=O) groups is 4. The van der Waals surface area contributed by atoms with Gasteiger partial charge in [0.15, 0.2) is 11.4 Å². The second kappa shape index (κ2) is 26.7. The summed E-state index contributed by atoms with van der Waals surface area (Å²) in [5.74, 6) is -0.129. The van der Waals surface area contributed by atoms with Crippen LogP contribution < -0.4 is 20.1 Å². The zero-order valence-electron chi connectivity index (χ0n) is 44.3. The number of nitrogens with one attached hydrogen (secondary N) is 2. The van der Waals surface area contributed by atoms with Gasteiger partial charge in [-0.25, -0.2) is 9.59 Å². The molecule has 2 aromatic heterocycles. The standard InChI is InChI=1S/C32H33N3O4.C31H37N3O4/c1-38-32(37)28(20-23-16-18-26(19-17-23)39-22-25-12-6-3-7-13-25)33-31(36)30-27-14-8-9-15-29(27)35(34-30)21-24-10-4-2-5-11-24;1-37-31(36)27(20-22-16-18-25(19-17-22)38-21-23-10-4-2-5-11-23)32-30(35)29-26-14-8-9-15-28(26)34(33-29)24-12-6-3-7-13-24/h2-7,10-13,16-19,28H,8-9,14-15,20-22H2,1H3,(H,33,36);2,4-5,10-11,16-19,24,27H,3,6-9,12-15,20-21H2,1H3,(H,32,35). The molecule has 0 bridgehead atoms. The Hall–Kier alpha value is -8.00. The van der Waals surface area contributed by atoms with Gasteiger partial charge in [0.1, 0.15) is 36.8 Å². The fourth-order valence-electron chi connectivity index (χ4n) is 10.7. The van der Waals surface area contributed by atoms with E-state index >= 15 is 0 Å². The first-order valence-corrected chi connectivity index (χ1v) is 27.2. The minimum atomic E-state index is -0.836. The monoisotopic (exact) mass is 1040 g/mol. The predicted octanol–water partition coefficient (Wildman–Crippen LogP) is 10.3. The highest BCUT2D eigenvalue weighted by Crippen LogP contribution is 2.34. The number of aromatic nitrogens is 4. The van der Waals surface area contributed by atoms with Gasteiger partial charge >= 0.3 is 11.9 Å². The fraction of sp³-hybridized carbons (Fsp3) is 0.365. The topological polar surface area (TPSA) is 165 Å². The molecule has 3 aliphatic rings. The molecule has 14 nitrogen and oxygen atoms in total. The van der Waals surface area contributed by atoms with Gasteiger partial charge < -0.3 is 29.6 Å². The Morgan fingerprint density at radius 1 is 0.494 bits per heavy atom. The summed E-state index contributed by atoms with van der Waals surface area (Å²) in [5, 5.41) is 15.4. The Morgan fingerprint density at radius 3 is 1.40 bits per heavy atom. The molecule has 2 N–H and O–H groups in total. The van der Waals surface area contributed by atoms with Crippen molar-refractivity contribution in [2.24, 2.45) is 0 Å². The van der Waals surface area contributed by atoms with Crippen molar-refractivity contribution in [3.05, 3.63) is 201 Å². The van der Waals surface area contributed by atoms with E-state index in [1.165, 1.54) is 39.2 Å². The van der Waals surface area contributed by atoms with E-state index < -0.39 is 24.0 Å². The Balaban J connectivity index is 0.000000188. The van der Waals surface area contributed by atoms with Gasteiger partial charge in [-0.3, -0.25) is 19.0 Å². The van der Waals surface area contributed by atoms with Crippen molar-refractivity contribution in [2.45, 2.75) is 134 Å². The normalized spacial score (nSPS) is 14.8. The lowest BCUT2D eigenvalue weighted by Gasteiger charge is -2.25. The number of rotatable bonds is 19. The number of amides is 2. The lowest BCUT2D eigenvalue weighted by atomic mass is 9.92. The number of esters is 2. The number of carbonyl (C=O) groups excluding carboxylic acids is 4. The fourth-order valence-corrected chi connectivity index (χ4v) is 10.7. The van der Waals surface area contributed by atoms with Crippen LogP contribution in [0, 0.1) is 0 Å². The summed E-state index contributed by atoms with van der Waals surface area (Å²) < 4.78 is 25.9. The van der Waals surface area contributed by atoms with Crippen LogP contribution in [-0.4, -0.2) is 69.6 Å². The molecule has 1 fully saturated rings. The average Bonchev–Trinajstić information content (AvgIpc) is 4.13. The van der Waals surface area contributed by atoms with E-state index in [1.54, 1.807) is 0 Å². The maximum Gasteiger partial charge on any atom is 0.328 e. The molecule has 0 aliphatic heterocycles. The molecule has 1 saturated carbocycles. The van der Waals surface area contributed by atoms with Crippen molar-refractivity contribution in [3.63, 3.8) is 0 Å². The first-order chi connectivity index (χ1) is 37.7. The summed E-state index contributed by atoms with van der Waals surface area (Å²) in [6, 6.07) is 43.9. The van der Waals surface area contributed by atoms with E-state index in [1.807, 2.05) is 132 Å². The Kier molecular flexibility index (Phi) is 18.6. The SMILES string of the molecule is COC(=O)C(Cc1ccc(OCc2ccccc2)cc1)NC(=O)c1nn(C2CCCCC2)c2c1CCCC2.COC(=O)C(Cc1ccc(OCc2ccccc2)cc1)NC(=O)c1nn(Cc2ccccc2)c2c1CCCC2. The maximum atomic E-state index is 13.5. The van der Waals surface area contributed by atoms with Gasteiger partial charge in [-0.1, -0.05) is 135 Å². The van der Waals surface area contributed by atoms with Gasteiger partial charge in [-0.15, -0.1) is 0 Å². The van der Waals surface area contributed by atoms with Crippen LogP contribution in [0.1, 0.15) is 135 Å². The molecule has 14 heteroatoms. The second-order valence-electron chi connectivity index (χ2n) is 20.2. The number of hydrogen-bond donors (Lipinski definition) is 2. The van der Waals surface area contributed by atoms with Crippen molar-refractivity contribution in [2.75, 3.05) is 14.2 Å². The van der Waals surface area contributed by atoms with Crippen LogP contribution >= 0.6 is 0 Å². The highest BCUT2D eigenvalue weighted by Gasteiger charge is 2.32. The quantitative estimate of drug-likeness (QED) is 0.0745. The number of benzene rings is 5. The van der Waals surface area contributed by atoms with E-state index in [4.69, 9.17) is 29.1 Å². The summed E-state index contributed by atoms with van der Waals surface area (Å²) in [6.45, 7) is 1.57. The maximum absolute atomic E-state index is 13.5. The molecule has 77 heavy (non-hydrogen) atoms. The van der Waals surface area contributed by atoms with Crippen LogP contribution in [0.3, 0.4) is 0 Å². The van der Waals surface area contributed by atoms with Crippen LogP contribution in [0.2, 0.25) is 0 Å². The first-order valence-electron chi connectivity index (χ1n) is 27.2. The van der Waals surface area contributed by atoms with Gasteiger partial charge in [0.05, 0.1) is 26.8 Å². The molecule has 5 aromatic carbocycles. The van der Waals surface area contributed by atoms with Gasteiger partial charge in [0.25, 0.3) is 11.8 Å². The first kappa shape index (κ1) is 53.8. The molecular formula is C63H70N6O8. The van der Waals surface area contributed by atoms with E-state index in [0.717, 1.165) is 120 Å². The highest BCUT2D eigenvalue weighted by molar-refractivity contribution is 5.97. The molecule has 0 spiro atoms. The van der Waals surface area contributed by atoms with Crippen LogP contribution in [0.4, 0.5) is 0 Å². The molecule has 400 valence electrons. The largest absolute Gasteiger partial charge is 0.489 e. The van der Waals surface area contributed by atoms with Gasteiger partial charge in [-0.2, -0.15) is 10.2 Å². The van der Waals surface area contributed by atoms with Crippen molar-refractivity contribution >= 4 is 23.8 Å². The Bertz CT molecular complexity index is 3040. The summed E-state index contributed by atoms with van der Waals surface area (Å²) >= 11 is 0. The number of methoxy groups -OCH3 is 2. The molecule has 2 heterocycles. The van der Waals surface area contributed by atoms with E-state index in [9.17, 15) is 19.2 Å². The molecular weight excluding hydrogens is 969 g/mol. The molecule has 2 unspecified atom stereocenters. The summed E-state index contributed by atoms with van der Waals surface area (Å²) in [7, 11) is 2.68. The lowest BCUT2D eigenvalue weighted by Crippen LogP contribution is -2.43. The van der Waals surface area contributed by atoms with Crippen LogP contribution in [0.5, 0.6) is 11.5 Å². The zero-order chi connectivity index (χ0) is 53.3. The van der Waals surface area contributed by atoms with Gasteiger partial charge in [0, 0.05) is 35.4 Å². The number of fused-ring (bicyclic) bond motifs is 2. The summed E-state index contributed by atoms with van der Waals surface area (Å²) in [6.07, 6.45) is 14.3. The highest BCUT2D eigenvalue weighted by atomic mass is 16.5. The van der Waals surface area contributed by atoms with Crippen molar-refractivity contribution in [3.8, 4) is 11.5 Å². The van der Waals surface area contributed by atoms with Crippen LogP contribution in [-0.2, 0) is 77.3 Å². The molecule has 3 aliphatic carbocycles. The minimum Gasteiger partial charge on any atom is -0.489 e. The van der Waals surface area contributed by atoms with Crippen molar-refractivity contribution in [1.29, 1.82) is 0 Å². The van der Waals surface area contributed by atoms with E-state index in [0.29, 0.717) is 50.0 Å². The smallest absolute Gasteiger partial charge is 0.328 e. The van der Waals surface area contributed by atoms with Crippen molar-refractivity contribution in [1.82, 2.24) is 30.2 Å². The molecule has 0 radical (unpaired) electrons. The third-order valence-corrected chi connectivity index (χ3v) is 14.8. The summed E-state index contributed by atoms with van der Waals surface area (Å²) in [5.41, 5.74) is 10.3. The molecule has 10 rings (SSSR count). The molecule has 2 amide bonds. The third-order valence-electron chi connectivity index (χ3n) is 14.8. The van der Waals surface area contributed by atoms with E-state index in [2.05, 4.69) is 27.4 Å². The molecule has 2 atom stereocenters. The second-order valence-corrected chi connectivity index (χ2v) is 20.2. The number of nitrogens with zero attached hydrogens (tertiary/aromatic N) is 4. The Labute approximate surface area is 451 Å².